The number of halogens is 1. The van der Waals surface area contributed by atoms with Crippen molar-refractivity contribution < 1.29 is 13.9 Å². The molecule has 1 saturated heterocycles. The third kappa shape index (κ3) is 4.49. The van der Waals surface area contributed by atoms with Gasteiger partial charge in [-0.3, -0.25) is 19.1 Å². The molecule has 1 N–H and O–H groups in total. The summed E-state index contributed by atoms with van der Waals surface area (Å²) in [7, 11) is 1.65. The maximum absolute atomic E-state index is 14.3. The Morgan fingerprint density at radius 2 is 2.09 bits per heavy atom. The van der Waals surface area contributed by atoms with Gasteiger partial charge < -0.3 is 15.0 Å². The van der Waals surface area contributed by atoms with E-state index in [0.29, 0.717) is 25.6 Å². The van der Waals surface area contributed by atoms with E-state index in [1.807, 2.05) is 29.2 Å². The lowest BCUT2D eigenvalue weighted by atomic mass is 10.1. The Hall–Kier alpha value is -3.59. The number of ether oxygens (including phenoxy) is 1. The topological polar surface area (TPSA) is 89.3 Å². The standard InChI is InChI=1S/C24H24FN5O3/c1-29-22(31)12-20(18-7-8-26-13-19(18)25)28-24(29)30-9-10-33-21(14-30)16-3-2-4-17(11-16)27-23(32)15-5-6-15/h2-4,7-8,11-13,15,21H,5-6,9-10,14H2,1H3,(H,27,32)/t21-/m1/s1. The molecule has 2 aliphatic rings. The zero-order valence-corrected chi connectivity index (χ0v) is 18.2. The molecule has 0 radical (unpaired) electrons. The van der Waals surface area contributed by atoms with Gasteiger partial charge in [-0.2, -0.15) is 0 Å². The van der Waals surface area contributed by atoms with Crippen LogP contribution >= 0.6 is 0 Å². The van der Waals surface area contributed by atoms with Crippen molar-refractivity contribution in [3.8, 4) is 11.3 Å². The fourth-order valence-corrected chi connectivity index (χ4v) is 3.97. The monoisotopic (exact) mass is 449 g/mol. The van der Waals surface area contributed by atoms with Crippen molar-refractivity contribution in [1.29, 1.82) is 0 Å². The molecule has 0 bridgehead atoms. The molecule has 0 unspecified atom stereocenters. The van der Waals surface area contributed by atoms with E-state index < -0.39 is 5.82 Å². The quantitative estimate of drug-likeness (QED) is 0.644. The summed E-state index contributed by atoms with van der Waals surface area (Å²) in [6.45, 7) is 1.44. The summed E-state index contributed by atoms with van der Waals surface area (Å²) in [5, 5.41) is 2.97. The second-order valence-electron chi connectivity index (χ2n) is 8.39. The van der Waals surface area contributed by atoms with E-state index in [4.69, 9.17) is 4.74 Å². The molecule has 2 aromatic heterocycles. The number of hydrogen-bond donors (Lipinski definition) is 1. The number of morpholine rings is 1. The highest BCUT2D eigenvalue weighted by molar-refractivity contribution is 5.94. The fraction of sp³-hybridized carbons (Fsp3) is 0.333. The molecule has 1 amide bonds. The first-order valence-corrected chi connectivity index (χ1v) is 10.9. The Labute approximate surface area is 190 Å². The molecule has 3 heterocycles. The number of hydrogen-bond acceptors (Lipinski definition) is 6. The Bertz CT molecular complexity index is 1260. The van der Waals surface area contributed by atoms with Crippen molar-refractivity contribution in [2.24, 2.45) is 13.0 Å². The summed E-state index contributed by atoms with van der Waals surface area (Å²) in [6, 6.07) is 10.5. The number of anilines is 2. The maximum atomic E-state index is 14.3. The van der Waals surface area contributed by atoms with Gasteiger partial charge in [-0.25, -0.2) is 9.37 Å². The molecule has 1 saturated carbocycles. The van der Waals surface area contributed by atoms with E-state index in [1.165, 1.54) is 22.9 Å². The predicted molar refractivity (Wildman–Crippen MR) is 121 cm³/mol. The molecule has 9 heteroatoms. The van der Waals surface area contributed by atoms with Crippen LogP contribution < -0.4 is 15.8 Å². The highest BCUT2D eigenvalue weighted by Gasteiger charge is 2.30. The predicted octanol–water partition coefficient (Wildman–Crippen LogP) is 2.91. The second kappa shape index (κ2) is 8.74. The molecule has 170 valence electrons. The molecule has 2 fully saturated rings. The molecule has 1 aliphatic heterocycles. The highest BCUT2D eigenvalue weighted by atomic mass is 19.1. The number of pyridine rings is 1. The van der Waals surface area contributed by atoms with E-state index in [1.54, 1.807) is 7.05 Å². The van der Waals surface area contributed by atoms with Gasteiger partial charge in [0, 0.05) is 43.0 Å². The van der Waals surface area contributed by atoms with Crippen molar-refractivity contribution in [2.75, 3.05) is 29.9 Å². The molecule has 8 nitrogen and oxygen atoms in total. The first-order chi connectivity index (χ1) is 16.0. The van der Waals surface area contributed by atoms with Crippen molar-refractivity contribution in [1.82, 2.24) is 14.5 Å². The molecular formula is C24H24FN5O3. The molecule has 5 rings (SSSR count). The van der Waals surface area contributed by atoms with Crippen LogP contribution in [0.5, 0.6) is 0 Å². The third-order valence-corrected chi connectivity index (χ3v) is 5.98. The van der Waals surface area contributed by atoms with Crippen LogP contribution in [0.4, 0.5) is 16.0 Å². The number of amides is 1. The van der Waals surface area contributed by atoms with Gasteiger partial charge in [0.05, 0.1) is 25.0 Å². The molecule has 0 spiro atoms. The van der Waals surface area contributed by atoms with Crippen LogP contribution in [-0.2, 0) is 16.6 Å². The van der Waals surface area contributed by atoms with E-state index >= 15 is 0 Å². The fourth-order valence-electron chi connectivity index (χ4n) is 3.97. The van der Waals surface area contributed by atoms with Crippen LogP contribution in [0.3, 0.4) is 0 Å². The first-order valence-electron chi connectivity index (χ1n) is 10.9. The Morgan fingerprint density at radius 3 is 2.88 bits per heavy atom. The van der Waals surface area contributed by atoms with Crippen LogP contribution in [-0.4, -0.2) is 40.1 Å². The van der Waals surface area contributed by atoms with Crippen molar-refractivity contribution in [2.45, 2.75) is 18.9 Å². The Kier molecular flexibility index (Phi) is 5.63. The molecule has 1 atom stereocenters. The second-order valence-corrected chi connectivity index (χ2v) is 8.39. The van der Waals surface area contributed by atoms with Crippen LogP contribution in [0.2, 0.25) is 0 Å². The van der Waals surface area contributed by atoms with Crippen molar-refractivity contribution >= 4 is 17.5 Å². The van der Waals surface area contributed by atoms with Gasteiger partial charge in [0.15, 0.2) is 5.82 Å². The maximum Gasteiger partial charge on any atom is 0.255 e. The van der Waals surface area contributed by atoms with E-state index in [0.717, 1.165) is 30.3 Å². The number of benzene rings is 1. The lowest BCUT2D eigenvalue weighted by Gasteiger charge is -2.34. The molecule has 1 aromatic carbocycles. The average molecular weight is 449 g/mol. The molecule has 1 aliphatic carbocycles. The lowest BCUT2D eigenvalue weighted by Crippen LogP contribution is -2.41. The smallest absolute Gasteiger partial charge is 0.255 e. The lowest BCUT2D eigenvalue weighted by molar-refractivity contribution is -0.117. The summed E-state index contributed by atoms with van der Waals surface area (Å²) in [4.78, 5) is 35.1. The summed E-state index contributed by atoms with van der Waals surface area (Å²) in [5.74, 6) is 0.0898. The van der Waals surface area contributed by atoms with Gasteiger partial charge >= 0.3 is 0 Å². The summed E-state index contributed by atoms with van der Waals surface area (Å²) < 4.78 is 21.7. The first kappa shape index (κ1) is 21.3. The van der Waals surface area contributed by atoms with Crippen LogP contribution in [0.1, 0.15) is 24.5 Å². The molecule has 3 aromatic rings. The number of carbonyl (C=O) groups is 1. The van der Waals surface area contributed by atoms with E-state index in [9.17, 15) is 14.0 Å². The third-order valence-electron chi connectivity index (χ3n) is 5.98. The Balaban J connectivity index is 1.41. The van der Waals surface area contributed by atoms with Gasteiger partial charge in [0.25, 0.3) is 5.56 Å². The molecule has 33 heavy (non-hydrogen) atoms. The SMILES string of the molecule is Cn1c(N2CCO[C@@H](c3cccc(NC(=O)C4CC4)c3)C2)nc(-c2ccncc2F)cc1=O. The number of nitrogens with zero attached hydrogens (tertiary/aromatic N) is 4. The zero-order valence-electron chi connectivity index (χ0n) is 18.2. The van der Waals surface area contributed by atoms with Crippen LogP contribution in [0.25, 0.3) is 11.3 Å². The van der Waals surface area contributed by atoms with Gasteiger partial charge in [0.1, 0.15) is 6.10 Å². The van der Waals surface area contributed by atoms with Gasteiger partial charge in [-0.05, 0) is 36.6 Å². The van der Waals surface area contributed by atoms with Crippen molar-refractivity contribution in [3.05, 3.63) is 70.5 Å². The number of carbonyl (C=O) groups excluding carboxylic acids is 1. The molecular weight excluding hydrogens is 425 g/mol. The minimum atomic E-state index is -0.533. The number of rotatable bonds is 5. The number of aromatic nitrogens is 3. The van der Waals surface area contributed by atoms with Gasteiger partial charge in [-0.1, -0.05) is 12.1 Å². The largest absolute Gasteiger partial charge is 0.370 e. The van der Waals surface area contributed by atoms with Crippen LogP contribution in [0, 0.1) is 11.7 Å². The van der Waals surface area contributed by atoms with Crippen molar-refractivity contribution in [3.63, 3.8) is 0 Å². The Morgan fingerprint density at radius 1 is 1.24 bits per heavy atom. The summed E-state index contributed by atoms with van der Waals surface area (Å²) in [6.07, 6.45) is 4.20. The summed E-state index contributed by atoms with van der Waals surface area (Å²) in [5.41, 5.74) is 1.88. The minimum absolute atomic E-state index is 0.0534. The minimum Gasteiger partial charge on any atom is -0.370 e. The van der Waals surface area contributed by atoms with Gasteiger partial charge in [0.2, 0.25) is 11.9 Å². The van der Waals surface area contributed by atoms with E-state index in [-0.39, 0.29) is 34.7 Å². The number of nitrogens with one attached hydrogen (secondary N) is 1. The van der Waals surface area contributed by atoms with E-state index in [2.05, 4.69) is 15.3 Å². The highest BCUT2D eigenvalue weighted by Crippen LogP contribution is 2.31. The summed E-state index contributed by atoms with van der Waals surface area (Å²) >= 11 is 0. The van der Waals surface area contributed by atoms with Crippen LogP contribution in [0.15, 0.2) is 53.6 Å². The average Bonchev–Trinajstić information content (AvgIpc) is 3.67. The zero-order chi connectivity index (χ0) is 22.9. The van der Waals surface area contributed by atoms with Gasteiger partial charge in [-0.15, -0.1) is 0 Å². The normalized spacial score (nSPS) is 18.2.